The van der Waals surface area contributed by atoms with Crippen molar-refractivity contribution in [2.75, 3.05) is 25.5 Å². The molecule has 136 valence electrons. The lowest BCUT2D eigenvalue weighted by Gasteiger charge is -2.19. The summed E-state index contributed by atoms with van der Waals surface area (Å²) in [6, 6.07) is 8.45. The summed E-state index contributed by atoms with van der Waals surface area (Å²) >= 11 is 0. The molecule has 7 nitrogen and oxygen atoms in total. The Labute approximate surface area is 149 Å². The number of ether oxygens (including phenoxy) is 1. The number of anilines is 1. The number of nitrogens with zero attached hydrogens (tertiary/aromatic N) is 3. The van der Waals surface area contributed by atoms with Gasteiger partial charge in [0.25, 0.3) is 0 Å². The topological polar surface area (TPSA) is 84.4 Å². The minimum atomic E-state index is -3.44. The van der Waals surface area contributed by atoms with E-state index in [1.54, 1.807) is 43.6 Å². The number of hydrogen-bond acceptors (Lipinski definition) is 6. The van der Waals surface area contributed by atoms with Crippen molar-refractivity contribution in [2.45, 2.75) is 31.7 Å². The summed E-state index contributed by atoms with van der Waals surface area (Å²) in [7, 11) is -1.89. The van der Waals surface area contributed by atoms with Crippen molar-refractivity contribution in [1.29, 1.82) is 0 Å². The summed E-state index contributed by atoms with van der Waals surface area (Å²) < 4.78 is 31.5. The van der Waals surface area contributed by atoms with Gasteiger partial charge < -0.3 is 10.1 Å². The number of benzene rings is 1. The predicted molar refractivity (Wildman–Crippen MR) is 97.2 cm³/mol. The Morgan fingerprint density at radius 2 is 1.80 bits per heavy atom. The van der Waals surface area contributed by atoms with Gasteiger partial charge in [-0.3, -0.25) is 0 Å². The fourth-order valence-corrected chi connectivity index (χ4v) is 3.90. The third-order valence-corrected chi connectivity index (χ3v) is 5.97. The second kappa shape index (κ2) is 8.26. The Hall–Kier alpha value is -2.19. The molecule has 2 aromatic rings. The van der Waals surface area contributed by atoms with Crippen LogP contribution in [0.5, 0.6) is 5.88 Å². The van der Waals surface area contributed by atoms with E-state index in [2.05, 4.69) is 15.3 Å². The number of hydrogen-bond donors (Lipinski definition) is 1. The molecular weight excluding hydrogens is 340 g/mol. The Kier molecular flexibility index (Phi) is 6.33. The fourth-order valence-electron chi connectivity index (χ4n) is 2.44. The van der Waals surface area contributed by atoms with Crippen molar-refractivity contribution < 1.29 is 13.2 Å². The van der Waals surface area contributed by atoms with Crippen molar-refractivity contribution in [3.8, 4) is 5.88 Å². The van der Waals surface area contributed by atoms with Gasteiger partial charge in [-0.25, -0.2) is 13.4 Å². The van der Waals surface area contributed by atoms with Gasteiger partial charge in [0.2, 0.25) is 21.9 Å². The van der Waals surface area contributed by atoms with Crippen LogP contribution in [0.15, 0.2) is 41.4 Å². The molecule has 0 fully saturated rings. The minimum absolute atomic E-state index is 0.0858. The summed E-state index contributed by atoms with van der Waals surface area (Å²) in [6.45, 7) is 6.51. The fraction of sp³-hybridized carbons (Fsp3) is 0.412. The van der Waals surface area contributed by atoms with Crippen LogP contribution in [0.25, 0.3) is 0 Å². The van der Waals surface area contributed by atoms with Gasteiger partial charge in [-0.2, -0.15) is 9.29 Å². The standard InChI is InChI=1S/C17H24N4O3S/c1-5-21(6-2)25(22,23)15-9-7-14(8-10-15)13(3)19-17-18-12-11-16(20-17)24-4/h7-13H,5-6H2,1-4H3,(H,18,19,20). The van der Waals surface area contributed by atoms with Crippen LogP contribution in [0.3, 0.4) is 0 Å². The van der Waals surface area contributed by atoms with Crippen LogP contribution in [-0.2, 0) is 10.0 Å². The predicted octanol–water partition coefficient (Wildman–Crippen LogP) is 2.69. The molecule has 1 heterocycles. The van der Waals surface area contributed by atoms with E-state index in [9.17, 15) is 8.42 Å². The summed E-state index contributed by atoms with van der Waals surface area (Å²) in [4.78, 5) is 8.66. The third kappa shape index (κ3) is 4.46. The van der Waals surface area contributed by atoms with Gasteiger partial charge in [0.1, 0.15) is 0 Å². The Morgan fingerprint density at radius 3 is 2.36 bits per heavy atom. The molecule has 1 N–H and O–H groups in total. The first-order valence-electron chi connectivity index (χ1n) is 8.16. The highest BCUT2D eigenvalue weighted by molar-refractivity contribution is 7.89. The van der Waals surface area contributed by atoms with Gasteiger partial charge in [-0.15, -0.1) is 0 Å². The zero-order valence-electron chi connectivity index (χ0n) is 14.9. The number of sulfonamides is 1. The second-order valence-corrected chi connectivity index (χ2v) is 7.38. The van der Waals surface area contributed by atoms with Crippen LogP contribution in [0, 0.1) is 0 Å². The van der Waals surface area contributed by atoms with Crippen molar-refractivity contribution >= 4 is 16.0 Å². The van der Waals surface area contributed by atoms with Crippen molar-refractivity contribution in [2.24, 2.45) is 0 Å². The van der Waals surface area contributed by atoms with Crippen LogP contribution in [-0.4, -0.2) is 42.9 Å². The highest BCUT2D eigenvalue weighted by Gasteiger charge is 2.21. The molecule has 0 radical (unpaired) electrons. The molecule has 0 spiro atoms. The largest absolute Gasteiger partial charge is 0.481 e. The molecule has 0 bridgehead atoms. The van der Waals surface area contributed by atoms with Gasteiger partial charge in [0, 0.05) is 25.4 Å². The van der Waals surface area contributed by atoms with Crippen LogP contribution >= 0.6 is 0 Å². The summed E-state index contributed by atoms with van der Waals surface area (Å²) in [5.74, 6) is 0.928. The average molecular weight is 364 g/mol. The van der Waals surface area contributed by atoms with Crippen LogP contribution in [0.1, 0.15) is 32.4 Å². The van der Waals surface area contributed by atoms with Gasteiger partial charge in [-0.1, -0.05) is 26.0 Å². The number of aromatic nitrogens is 2. The number of methoxy groups -OCH3 is 1. The van der Waals surface area contributed by atoms with E-state index >= 15 is 0 Å². The molecule has 1 aromatic carbocycles. The molecule has 2 rings (SSSR count). The van der Waals surface area contributed by atoms with E-state index in [0.717, 1.165) is 5.56 Å². The zero-order valence-corrected chi connectivity index (χ0v) is 15.7. The lowest BCUT2D eigenvalue weighted by atomic mass is 10.1. The number of rotatable bonds is 8. The van der Waals surface area contributed by atoms with Crippen molar-refractivity contribution in [3.63, 3.8) is 0 Å². The van der Waals surface area contributed by atoms with E-state index in [1.807, 2.05) is 20.8 Å². The zero-order chi connectivity index (χ0) is 18.4. The molecule has 1 atom stereocenters. The molecule has 1 aromatic heterocycles. The summed E-state index contributed by atoms with van der Waals surface area (Å²) in [6.07, 6.45) is 1.61. The molecule has 0 aliphatic heterocycles. The monoisotopic (exact) mass is 364 g/mol. The maximum atomic E-state index is 12.5. The SMILES string of the molecule is CCN(CC)S(=O)(=O)c1ccc(C(C)Nc2nccc(OC)n2)cc1. The van der Waals surface area contributed by atoms with Crippen LogP contribution in [0.2, 0.25) is 0 Å². The van der Waals surface area contributed by atoms with Gasteiger partial charge in [-0.05, 0) is 24.6 Å². The molecule has 0 aliphatic carbocycles. The maximum Gasteiger partial charge on any atom is 0.243 e. The van der Waals surface area contributed by atoms with E-state index in [1.165, 1.54) is 4.31 Å². The lowest BCUT2D eigenvalue weighted by Crippen LogP contribution is -2.30. The summed E-state index contributed by atoms with van der Waals surface area (Å²) in [5.41, 5.74) is 0.935. The Balaban J connectivity index is 2.16. The highest BCUT2D eigenvalue weighted by atomic mass is 32.2. The summed E-state index contributed by atoms with van der Waals surface area (Å²) in [5, 5.41) is 3.17. The molecule has 0 saturated heterocycles. The van der Waals surface area contributed by atoms with Crippen molar-refractivity contribution in [3.05, 3.63) is 42.1 Å². The molecule has 0 saturated carbocycles. The molecular formula is C17H24N4O3S. The quantitative estimate of drug-likeness (QED) is 0.775. The first-order chi connectivity index (χ1) is 11.9. The number of nitrogens with one attached hydrogen (secondary N) is 1. The van der Waals surface area contributed by atoms with Crippen LogP contribution in [0.4, 0.5) is 5.95 Å². The second-order valence-electron chi connectivity index (χ2n) is 5.45. The Bertz CT molecular complexity index is 790. The molecule has 25 heavy (non-hydrogen) atoms. The normalized spacial score (nSPS) is 12.8. The molecule has 0 amide bonds. The highest BCUT2D eigenvalue weighted by Crippen LogP contribution is 2.21. The van der Waals surface area contributed by atoms with Gasteiger partial charge >= 0.3 is 0 Å². The third-order valence-electron chi connectivity index (χ3n) is 3.91. The lowest BCUT2D eigenvalue weighted by molar-refractivity contribution is 0.397. The van der Waals surface area contributed by atoms with Crippen LogP contribution < -0.4 is 10.1 Å². The molecule has 1 unspecified atom stereocenters. The van der Waals surface area contributed by atoms with Crippen molar-refractivity contribution in [1.82, 2.24) is 14.3 Å². The first-order valence-corrected chi connectivity index (χ1v) is 9.60. The van der Waals surface area contributed by atoms with E-state index in [-0.39, 0.29) is 6.04 Å². The van der Waals surface area contributed by atoms with Gasteiger partial charge in [0.15, 0.2) is 0 Å². The van der Waals surface area contributed by atoms with Gasteiger partial charge in [0.05, 0.1) is 18.0 Å². The molecule has 8 heteroatoms. The average Bonchev–Trinajstić information content (AvgIpc) is 2.62. The maximum absolute atomic E-state index is 12.5. The first kappa shape index (κ1) is 19.1. The Morgan fingerprint density at radius 1 is 1.16 bits per heavy atom. The van der Waals surface area contributed by atoms with E-state index in [0.29, 0.717) is 29.8 Å². The molecule has 0 aliphatic rings. The smallest absolute Gasteiger partial charge is 0.243 e. The minimum Gasteiger partial charge on any atom is -0.481 e. The van der Waals surface area contributed by atoms with E-state index in [4.69, 9.17) is 4.74 Å². The van der Waals surface area contributed by atoms with E-state index < -0.39 is 10.0 Å².